The SMILES string of the molecule is COC(=O)C(C)(NCC(F)(F)F)c1ccc(O)c(OC)c1. The van der Waals surface area contributed by atoms with Crippen molar-refractivity contribution in [2.24, 2.45) is 0 Å². The Kier molecular flexibility index (Phi) is 5.06. The quantitative estimate of drug-likeness (QED) is 0.814. The molecule has 0 radical (unpaired) electrons. The summed E-state index contributed by atoms with van der Waals surface area (Å²) in [6, 6.07) is 3.82. The van der Waals surface area contributed by atoms with E-state index in [2.05, 4.69) is 10.1 Å². The predicted molar refractivity (Wildman–Crippen MR) is 68.1 cm³/mol. The van der Waals surface area contributed by atoms with Gasteiger partial charge in [0.15, 0.2) is 11.5 Å². The minimum Gasteiger partial charge on any atom is -0.504 e. The standard InChI is InChI=1S/C13H16F3NO4/c1-12(11(19)21-3,17-7-13(14,15)16)8-4-5-9(18)10(6-8)20-2/h4-6,17-18H,7H2,1-3H3. The van der Waals surface area contributed by atoms with Crippen LogP contribution in [0.2, 0.25) is 0 Å². The summed E-state index contributed by atoms with van der Waals surface area (Å²) in [7, 11) is 2.37. The second-order valence-corrected chi connectivity index (χ2v) is 4.47. The Morgan fingerprint density at radius 3 is 2.43 bits per heavy atom. The molecule has 0 saturated carbocycles. The van der Waals surface area contributed by atoms with E-state index in [1.54, 1.807) is 0 Å². The van der Waals surface area contributed by atoms with Gasteiger partial charge >= 0.3 is 12.1 Å². The van der Waals surface area contributed by atoms with E-state index in [-0.39, 0.29) is 17.1 Å². The summed E-state index contributed by atoms with van der Waals surface area (Å²) < 4.78 is 46.7. The van der Waals surface area contributed by atoms with E-state index in [0.29, 0.717) is 0 Å². The van der Waals surface area contributed by atoms with Crippen LogP contribution in [0.4, 0.5) is 13.2 Å². The van der Waals surface area contributed by atoms with E-state index < -0.39 is 24.2 Å². The monoisotopic (exact) mass is 307 g/mol. The number of benzene rings is 1. The van der Waals surface area contributed by atoms with E-state index in [4.69, 9.17) is 4.74 Å². The molecule has 0 aliphatic rings. The molecule has 0 heterocycles. The zero-order chi connectivity index (χ0) is 16.3. The molecule has 1 atom stereocenters. The summed E-state index contributed by atoms with van der Waals surface area (Å²) in [4.78, 5) is 11.9. The molecule has 0 bridgehead atoms. The van der Waals surface area contributed by atoms with Crippen LogP contribution in [0.5, 0.6) is 11.5 Å². The van der Waals surface area contributed by atoms with Crippen molar-refractivity contribution in [1.82, 2.24) is 5.32 Å². The van der Waals surface area contributed by atoms with Gasteiger partial charge in [0.25, 0.3) is 0 Å². The van der Waals surface area contributed by atoms with Crippen molar-refractivity contribution >= 4 is 5.97 Å². The number of nitrogens with one attached hydrogen (secondary N) is 1. The molecule has 1 aromatic rings. The number of hydrogen-bond donors (Lipinski definition) is 2. The molecule has 1 unspecified atom stereocenters. The van der Waals surface area contributed by atoms with Crippen LogP contribution in [0.1, 0.15) is 12.5 Å². The number of phenolic OH excluding ortho intramolecular Hbond substituents is 1. The fourth-order valence-electron chi connectivity index (χ4n) is 1.76. The first-order valence-electron chi connectivity index (χ1n) is 5.91. The highest BCUT2D eigenvalue weighted by molar-refractivity contribution is 5.82. The van der Waals surface area contributed by atoms with Crippen molar-refractivity contribution in [3.05, 3.63) is 23.8 Å². The highest BCUT2D eigenvalue weighted by Crippen LogP contribution is 2.32. The van der Waals surface area contributed by atoms with Crippen LogP contribution in [0.15, 0.2) is 18.2 Å². The number of rotatable bonds is 5. The van der Waals surface area contributed by atoms with Crippen LogP contribution in [-0.4, -0.2) is 38.0 Å². The fourth-order valence-corrected chi connectivity index (χ4v) is 1.76. The number of ether oxygens (including phenoxy) is 2. The molecule has 118 valence electrons. The Labute approximate surface area is 119 Å². The van der Waals surface area contributed by atoms with Gasteiger partial charge in [-0.25, -0.2) is 4.79 Å². The molecule has 21 heavy (non-hydrogen) atoms. The zero-order valence-electron chi connectivity index (χ0n) is 11.7. The van der Waals surface area contributed by atoms with Gasteiger partial charge in [-0.2, -0.15) is 13.2 Å². The lowest BCUT2D eigenvalue weighted by molar-refractivity contribution is -0.153. The third kappa shape index (κ3) is 4.01. The Morgan fingerprint density at radius 2 is 1.95 bits per heavy atom. The molecule has 0 amide bonds. The van der Waals surface area contributed by atoms with Gasteiger partial charge in [0.05, 0.1) is 20.8 Å². The van der Waals surface area contributed by atoms with Gasteiger partial charge in [-0.05, 0) is 24.6 Å². The van der Waals surface area contributed by atoms with Crippen LogP contribution >= 0.6 is 0 Å². The molecular weight excluding hydrogens is 291 g/mol. The Bertz CT molecular complexity index is 519. The van der Waals surface area contributed by atoms with Gasteiger partial charge < -0.3 is 14.6 Å². The lowest BCUT2D eigenvalue weighted by Gasteiger charge is -2.29. The largest absolute Gasteiger partial charge is 0.504 e. The number of hydrogen-bond acceptors (Lipinski definition) is 5. The lowest BCUT2D eigenvalue weighted by Crippen LogP contribution is -2.50. The maximum atomic E-state index is 12.4. The molecule has 0 spiro atoms. The maximum absolute atomic E-state index is 12.4. The highest BCUT2D eigenvalue weighted by Gasteiger charge is 2.40. The molecule has 1 aromatic carbocycles. The molecule has 0 aliphatic heterocycles. The van der Waals surface area contributed by atoms with Gasteiger partial charge in [0.1, 0.15) is 5.54 Å². The Morgan fingerprint density at radius 1 is 1.33 bits per heavy atom. The van der Waals surface area contributed by atoms with Gasteiger partial charge in [0, 0.05) is 0 Å². The summed E-state index contributed by atoms with van der Waals surface area (Å²) >= 11 is 0. The third-order valence-corrected chi connectivity index (χ3v) is 2.99. The first-order chi connectivity index (χ1) is 9.64. The Balaban J connectivity index is 3.21. The number of alkyl halides is 3. The molecule has 0 fully saturated rings. The minimum absolute atomic E-state index is 0.0384. The molecular formula is C13H16F3NO4. The van der Waals surface area contributed by atoms with Gasteiger partial charge in [-0.3, -0.25) is 5.32 Å². The van der Waals surface area contributed by atoms with E-state index in [1.165, 1.54) is 32.2 Å². The van der Waals surface area contributed by atoms with Crippen LogP contribution in [-0.2, 0) is 15.1 Å². The Hall–Kier alpha value is -1.96. The van der Waals surface area contributed by atoms with Crippen molar-refractivity contribution in [2.75, 3.05) is 20.8 Å². The topological polar surface area (TPSA) is 67.8 Å². The molecule has 5 nitrogen and oxygen atoms in total. The second kappa shape index (κ2) is 6.21. The number of phenols is 1. The van der Waals surface area contributed by atoms with Crippen LogP contribution < -0.4 is 10.1 Å². The van der Waals surface area contributed by atoms with E-state index >= 15 is 0 Å². The van der Waals surface area contributed by atoms with E-state index in [9.17, 15) is 23.1 Å². The zero-order valence-corrected chi connectivity index (χ0v) is 11.7. The van der Waals surface area contributed by atoms with Crippen LogP contribution in [0, 0.1) is 0 Å². The third-order valence-electron chi connectivity index (χ3n) is 2.99. The van der Waals surface area contributed by atoms with Gasteiger partial charge in [-0.15, -0.1) is 0 Å². The average molecular weight is 307 g/mol. The normalized spacial score (nSPS) is 14.4. The number of methoxy groups -OCH3 is 2. The first kappa shape index (κ1) is 17.1. The molecule has 0 saturated heterocycles. The minimum atomic E-state index is -4.49. The summed E-state index contributed by atoms with van der Waals surface area (Å²) in [5.41, 5.74) is -1.56. The van der Waals surface area contributed by atoms with Crippen molar-refractivity contribution in [3.8, 4) is 11.5 Å². The highest BCUT2D eigenvalue weighted by atomic mass is 19.4. The molecule has 1 rings (SSSR count). The summed E-state index contributed by atoms with van der Waals surface area (Å²) in [6.45, 7) is -0.113. The van der Waals surface area contributed by atoms with Crippen LogP contribution in [0.3, 0.4) is 0 Å². The van der Waals surface area contributed by atoms with E-state index in [1.807, 2.05) is 0 Å². The first-order valence-corrected chi connectivity index (χ1v) is 5.91. The number of esters is 1. The molecule has 0 aromatic heterocycles. The lowest BCUT2D eigenvalue weighted by atomic mass is 9.91. The smallest absolute Gasteiger partial charge is 0.401 e. The fraction of sp³-hybridized carbons (Fsp3) is 0.462. The average Bonchev–Trinajstić information content (AvgIpc) is 2.43. The van der Waals surface area contributed by atoms with Gasteiger partial charge in [0.2, 0.25) is 0 Å². The van der Waals surface area contributed by atoms with Crippen LogP contribution in [0.25, 0.3) is 0 Å². The van der Waals surface area contributed by atoms with Crippen molar-refractivity contribution in [1.29, 1.82) is 0 Å². The number of aromatic hydroxyl groups is 1. The molecule has 2 N–H and O–H groups in total. The van der Waals surface area contributed by atoms with Crippen molar-refractivity contribution in [2.45, 2.75) is 18.6 Å². The predicted octanol–water partition coefficient (Wildman–Crippen LogP) is 1.94. The second-order valence-electron chi connectivity index (χ2n) is 4.47. The number of halogens is 3. The van der Waals surface area contributed by atoms with E-state index in [0.717, 1.165) is 7.11 Å². The summed E-state index contributed by atoms with van der Waals surface area (Å²) in [6.07, 6.45) is -4.49. The van der Waals surface area contributed by atoms with Gasteiger partial charge in [-0.1, -0.05) is 6.07 Å². The number of carbonyl (C=O) groups excluding carboxylic acids is 1. The maximum Gasteiger partial charge on any atom is 0.401 e. The molecule has 0 aliphatic carbocycles. The summed E-state index contributed by atoms with van der Waals surface area (Å²) in [5, 5.41) is 11.7. The molecule has 8 heteroatoms. The number of carbonyl (C=O) groups is 1. The summed E-state index contributed by atoms with van der Waals surface area (Å²) in [5.74, 6) is -1.04. The van der Waals surface area contributed by atoms with Crippen molar-refractivity contribution in [3.63, 3.8) is 0 Å². The van der Waals surface area contributed by atoms with Crippen molar-refractivity contribution < 1.29 is 32.5 Å².